The van der Waals surface area contributed by atoms with Gasteiger partial charge in [0.2, 0.25) is 0 Å². The molecule has 0 aliphatic rings. The van der Waals surface area contributed by atoms with Crippen LogP contribution in [0, 0.1) is 0 Å². The predicted octanol–water partition coefficient (Wildman–Crippen LogP) is 2.97. The molecule has 0 saturated heterocycles. The standard InChI is InChI=1S/2C5H8N2O.C4H7N3O/c1-4(2)5-3-8-7-6-5;1-4(2)5-3-6-7-8-5;1-3(2)4-5-7-8-6-4/h2*3-4H,1-2H3;3H,1-2H3. The molecule has 10 heteroatoms. The molecule has 0 aliphatic heterocycles. The Morgan fingerprint density at radius 3 is 1.83 bits per heavy atom. The van der Waals surface area contributed by atoms with Gasteiger partial charge in [0.05, 0.1) is 11.5 Å². The molecule has 0 amide bonds. The first-order valence-electron chi connectivity index (χ1n) is 7.61. The van der Waals surface area contributed by atoms with Gasteiger partial charge >= 0.3 is 0 Å². The fourth-order valence-corrected chi connectivity index (χ4v) is 1.21. The Labute approximate surface area is 139 Å². The van der Waals surface area contributed by atoms with Gasteiger partial charge < -0.3 is 9.05 Å². The van der Waals surface area contributed by atoms with Crippen molar-refractivity contribution in [2.24, 2.45) is 0 Å². The summed E-state index contributed by atoms with van der Waals surface area (Å²) in [6, 6.07) is 0. The van der Waals surface area contributed by atoms with Crippen LogP contribution in [-0.4, -0.2) is 36.3 Å². The van der Waals surface area contributed by atoms with E-state index in [1.807, 2.05) is 41.5 Å². The van der Waals surface area contributed by atoms with Crippen LogP contribution in [0.5, 0.6) is 0 Å². The molecule has 0 atom stereocenters. The number of hydrogen-bond donors (Lipinski definition) is 0. The van der Waals surface area contributed by atoms with Crippen LogP contribution in [-0.2, 0) is 0 Å². The maximum absolute atomic E-state index is 4.73. The molecule has 3 heterocycles. The molecule has 24 heavy (non-hydrogen) atoms. The maximum Gasteiger partial charge on any atom is 0.199 e. The summed E-state index contributed by atoms with van der Waals surface area (Å²) in [7, 11) is 0. The molecule has 0 unspecified atom stereocenters. The highest BCUT2D eigenvalue weighted by Gasteiger charge is 2.03. The van der Waals surface area contributed by atoms with Crippen LogP contribution >= 0.6 is 0 Å². The lowest BCUT2D eigenvalue weighted by atomic mass is 10.2. The molecule has 3 aromatic rings. The lowest BCUT2D eigenvalue weighted by Gasteiger charge is -1.91. The molecule has 0 fully saturated rings. The van der Waals surface area contributed by atoms with E-state index in [0.29, 0.717) is 23.6 Å². The van der Waals surface area contributed by atoms with Gasteiger partial charge in [0.25, 0.3) is 0 Å². The zero-order chi connectivity index (χ0) is 17.9. The van der Waals surface area contributed by atoms with Crippen LogP contribution in [0.25, 0.3) is 0 Å². The van der Waals surface area contributed by atoms with Gasteiger partial charge in [-0.05, 0) is 5.16 Å². The molecule has 0 radical (unpaired) electrons. The van der Waals surface area contributed by atoms with Crippen molar-refractivity contribution in [1.82, 2.24) is 36.3 Å². The van der Waals surface area contributed by atoms with Crippen LogP contribution < -0.4 is 0 Å². The first kappa shape index (κ1) is 19.4. The Kier molecular flexibility index (Phi) is 8.23. The Morgan fingerprint density at radius 2 is 1.58 bits per heavy atom. The van der Waals surface area contributed by atoms with Crippen LogP contribution in [0.15, 0.2) is 26.1 Å². The number of aromatic nitrogens is 7. The fraction of sp³-hybridized carbons (Fsp3) is 0.643. The van der Waals surface area contributed by atoms with Crippen molar-refractivity contribution in [3.63, 3.8) is 0 Å². The molecular weight excluding hydrogens is 314 g/mol. The molecule has 132 valence electrons. The highest BCUT2D eigenvalue weighted by molar-refractivity contribution is 4.94. The lowest BCUT2D eigenvalue weighted by Crippen LogP contribution is -1.88. The zero-order valence-electron chi connectivity index (χ0n) is 14.7. The third kappa shape index (κ3) is 7.07. The summed E-state index contributed by atoms with van der Waals surface area (Å²) in [5.41, 5.74) is 0.907. The third-order valence-electron chi connectivity index (χ3n) is 2.75. The van der Waals surface area contributed by atoms with Crippen molar-refractivity contribution >= 4 is 0 Å². The van der Waals surface area contributed by atoms with E-state index < -0.39 is 0 Å². The van der Waals surface area contributed by atoms with Crippen molar-refractivity contribution in [1.29, 1.82) is 0 Å². The molecular formula is C14H23N7O3. The van der Waals surface area contributed by atoms with E-state index in [1.165, 1.54) is 0 Å². The number of hydrogen-bond acceptors (Lipinski definition) is 10. The molecule has 0 saturated carbocycles. The minimum absolute atomic E-state index is 0.307. The summed E-state index contributed by atoms with van der Waals surface area (Å²) in [5, 5.41) is 24.2. The Hall–Kier alpha value is -2.65. The quantitative estimate of drug-likeness (QED) is 0.702. The van der Waals surface area contributed by atoms with Crippen molar-refractivity contribution < 1.29 is 13.7 Å². The maximum atomic E-state index is 4.73. The van der Waals surface area contributed by atoms with E-state index in [2.05, 4.69) is 45.4 Å². The Bertz CT molecular complexity index is 529. The third-order valence-corrected chi connectivity index (χ3v) is 2.75. The summed E-state index contributed by atoms with van der Waals surface area (Å²) >= 11 is 0. The highest BCUT2D eigenvalue weighted by Crippen LogP contribution is 2.09. The van der Waals surface area contributed by atoms with Crippen molar-refractivity contribution in [2.45, 2.75) is 59.3 Å². The average molecular weight is 337 g/mol. The summed E-state index contributed by atoms with van der Waals surface area (Å²) in [6.45, 7) is 12.1. The van der Waals surface area contributed by atoms with Gasteiger partial charge in [-0.15, -0.1) is 10.2 Å². The summed E-state index contributed by atoms with van der Waals surface area (Å²) in [5.74, 6) is 2.61. The second-order valence-corrected chi connectivity index (χ2v) is 5.83. The van der Waals surface area contributed by atoms with Gasteiger partial charge in [0.15, 0.2) is 11.6 Å². The molecule has 0 aliphatic carbocycles. The molecule has 3 rings (SSSR count). The van der Waals surface area contributed by atoms with E-state index >= 15 is 0 Å². The summed E-state index contributed by atoms with van der Waals surface area (Å²) in [4.78, 5) is 0. The average Bonchev–Trinajstić information content (AvgIpc) is 3.29. The minimum atomic E-state index is 0.307. The van der Waals surface area contributed by atoms with Crippen LogP contribution in [0.3, 0.4) is 0 Å². The topological polar surface area (TPSA) is 130 Å². The van der Waals surface area contributed by atoms with Gasteiger partial charge in [-0.2, -0.15) is 0 Å². The van der Waals surface area contributed by atoms with E-state index in [-0.39, 0.29) is 0 Å². The van der Waals surface area contributed by atoms with Crippen molar-refractivity contribution in [3.05, 3.63) is 29.7 Å². The minimum Gasteiger partial charge on any atom is -0.345 e. The van der Waals surface area contributed by atoms with Crippen LogP contribution in [0.2, 0.25) is 0 Å². The second kappa shape index (κ2) is 10.2. The normalized spacial score (nSPS) is 10.4. The molecule has 0 N–H and O–H groups in total. The summed E-state index contributed by atoms with van der Waals surface area (Å²) < 4.78 is 13.5. The van der Waals surface area contributed by atoms with E-state index in [4.69, 9.17) is 4.52 Å². The largest absolute Gasteiger partial charge is 0.345 e. The second-order valence-electron chi connectivity index (χ2n) is 5.83. The monoisotopic (exact) mass is 337 g/mol. The molecule has 0 bridgehead atoms. The molecule has 10 nitrogen and oxygen atoms in total. The SMILES string of the molecule is CC(C)c1cnno1.CC(C)c1conn1.CC(C)c1nnon1. The smallest absolute Gasteiger partial charge is 0.199 e. The fourth-order valence-electron chi connectivity index (χ4n) is 1.21. The van der Waals surface area contributed by atoms with Crippen LogP contribution in [0.4, 0.5) is 0 Å². The molecule has 0 aromatic carbocycles. The molecule has 0 spiro atoms. The van der Waals surface area contributed by atoms with Gasteiger partial charge in [0, 0.05) is 28.3 Å². The lowest BCUT2D eigenvalue weighted by molar-refractivity contribution is 0.290. The van der Waals surface area contributed by atoms with Gasteiger partial charge in [-0.1, -0.05) is 46.6 Å². The van der Waals surface area contributed by atoms with Crippen LogP contribution in [0.1, 0.15) is 76.6 Å². The Balaban J connectivity index is 0.000000180. The van der Waals surface area contributed by atoms with Crippen molar-refractivity contribution in [3.8, 4) is 0 Å². The van der Waals surface area contributed by atoms with E-state index in [1.54, 1.807) is 12.5 Å². The van der Waals surface area contributed by atoms with Gasteiger partial charge in [0.1, 0.15) is 12.0 Å². The molecule has 3 aromatic heterocycles. The number of rotatable bonds is 3. The highest BCUT2D eigenvalue weighted by atomic mass is 16.6. The Morgan fingerprint density at radius 1 is 0.833 bits per heavy atom. The zero-order valence-corrected chi connectivity index (χ0v) is 14.7. The predicted molar refractivity (Wildman–Crippen MR) is 83.0 cm³/mol. The van der Waals surface area contributed by atoms with Gasteiger partial charge in [-0.3, -0.25) is 0 Å². The summed E-state index contributed by atoms with van der Waals surface area (Å²) in [6.07, 6.45) is 3.19. The van der Waals surface area contributed by atoms with E-state index in [9.17, 15) is 0 Å². The first-order valence-corrected chi connectivity index (χ1v) is 7.61. The first-order chi connectivity index (χ1) is 11.4. The van der Waals surface area contributed by atoms with Crippen molar-refractivity contribution in [2.75, 3.05) is 0 Å². The van der Waals surface area contributed by atoms with E-state index in [0.717, 1.165) is 11.5 Å². The number of nitrogens with zero attached hydrogens (tertiary/aromatic N) is 7. The van der Waals surface area contributed by atoms with Gasteiger partial charge in [-0.25, -0.2) is 4.63 Å².